The van der Waals surface area contributed by atoms with E-state index in [4.69, 9.17) is 10.00 Å². The molecular formula is C22H20F3N5O2. The summed E-state index contributed by atoms with van der Waals surface area (Å²) in [6.45, 7) is 4.15. The van der Waals surface area contributed by atoms with Crippen molar-refractivity contribution in [3.63, 3.8) is 0 Å². The van der Waals surface area contributed by atoms with Crippen LogP contribution in [0.2, 0.25) is 0 Å². The van der Waals surface area contributed by atoms with Crippen molar-refractivity contribution < 1.29 is 22.7 Å². The number of ether oxygens (including phenoxy) is 1. The molecule has 0 atom stereocenters. The molecule has 1 aromatic carbocycles. The monoisotopic (exact) mass is 443 g/mol. The Morgan fingerprint density at radius 1 is 1.19 bits per heavy atom. The molecule has 0 spiro atoms. The summed E-state index contributed by atoms with van der Waals surface area (Å²) < 4.78 is 45.1. The lowest BCUT2D eigenvalue weighted by Crippen LogP contribution is -2.32. The Labute approximate surface area is 182 Å². The number of carbonyl (C=O) groups is 1. The minimum Gasteiger partial charge on any atom is -0.494 e. The highest BCUT2D eigenvalue weighted by Crippen LogP contribution is 2.29. The SMILES string of the molecule is CCOc1ccc(N(CCC#N)C(=O)c2cnn(-c3ccc(C(F)(F)F)cn3)c2C)cc1. The van der Waals surface area contributed by atoms with Crippen LogP contribution in [-0.4, -0.2) is 33.8 Å². The van der Waals surface area contributed by atoms with Crippen molar-refractivity contribution in [3.8, 4) is 17.6 Å². The number of amides is 1. The molecule has 2 aromatic heterocycles. The molecule has 0 saturated heterocycles. The van der Waals surface area contributed by atoms with Crippen molar-refractivity contribution in [2.45, 2.75) is 26.4 Å². The summed E-state index contributed by atoms with van der Waals surface area (Å²) in [5.41, 5.74) is 0.364. The zero-order valence-corrected chi connectivity index (χ0v) is 17.4. The van der Waals surface area contributed by atoms with E-state index in [0.717, 1.165) is 12.3 Å². The van der Waals surface area contributed by atoms with E-state index in [1.165, 1.54) is 21.8 Å². The fourth-order valence-corrected chi connectivity index (χ4v) is 3.07. The van der Waals surface area contributed by atoms with E-state index in [1.54, 1.807) is 31.2 Å². The number of alkyl halides is 3. The van der Waals surface area contributed by atoms with Gasteiger partial charge in [0.05, 0.1) is 42.1 Å². The number of aromatic nitrogens is 3. The third-order valence-corrected chi connectivity index (χ3v) is 4.68. The van der Waals surface area contributed by atoms with Gasteiger partial charge in [0.25, 0.3) is 5.91 Å². The number of pyridine rings is 1. The van der Waals surface area contributed by atoms with Crippen LogP contribution in [0.1, 0.15) is 35.0 Å². The Hall–Kier alpha value is -3.87. The minimum atomic E-state index is -4.50. The number of benzene rings is 1. The molecule has 1 amide bonds. The quantitative estimate of drug-likeness (QED) is 0.535. The fourth-order valence-electron chi connectivity index (χ4n) is 3.07. The highest BCUT2D eigenvalue weighted by atomic mass is 19.4. The normalized spacial score (nSPS) is 11.1. The van der Waals surface area contributed by atoms with Crippen molar-refractivity contribution >= 4 is 11.6 Å². The molecule has 3 rings (SSSR count). The highest BCUT2D eigenvalue weighted by molar-refractivity contribution is 6.06. The van der Waals surface area contributed by atoms with E-state index in [9.17, 15) is 18.0 Å². The largest absolute Gasteiger partial charge is 0.494 e. The molecule has 0 fully saturated rings. The van der Waals surface area contributed by atoms with Crippen molar-refractivity contribution in [1.29, 1.82) is 5.26 Å². The van der Waals surface area contributed by atoms with Crippen molar-refractivity contribution in [2.24, 2.45) is 0 Å². The average Bonchev–Trinajstić information content (AvgIpc) is 3.16. The van der Waals surface area contributed by atoms with Crippen LogP contribution in [0.3, 0.4) is 0 Å². The smallest absolute Gasteiger partial charge is 0.417 e. The van der Waals surface area contributed by atoms with Crippen LogP contribution in [0.4, 0.5) is 18.9 Å². The molecular weight excluding hydrogens is 423 g/mol. The predicted molar refractivity (Wildman–Crippen MR) is 111 cm³/mol. The van der Waals surface area contributed by atoms with Crippen LogP contribution in [0.5, 0.6) is 5.75 Å². The molecule has 0 radical (unpaired) electrons. The number of carbonyl (C=O) groups excluding carboxylic acids is 1. The Balaban J connectivity index is 1.90. The molecule has 7 nitrogen and oxygen atoms in total. The van der Waals surface area contributed by atoms with Crippen LogP contribution in [0, 0.1) is 18.3 Å². The topological polar surface area (TPSA) is 84.0 Å². The van der Waals surface area contributed by atoms with Gasteiger partial charge in [-0.3, -0.25) is 4.79 Å². The summed E-state index contributed by atoms with van der Waals surface area (Å²) in [5, 5.41) is 13.1. The molecule has 0 aliphatic rings. The summed E-state index contributed by atoms with van der Waals surface area (Å²) >= 11 is 0. The first-order valence-electron chi connectivity index (χ1n) is 9.76. The van der Waals surface area contributed by atoms with Gasteiger partial charge in [-0.05, 0) is 50.2 Å². The van der Waals surface area contributed by atoms with Gasteiger partial charge < -0.3 is 9.64 Å². The number of hydrogen-bond acceptors (Lipinski definition) is 5. The Morgan fingerprint density at radius 3 is 2.47 bits per heavy atom. The van der Waals surface area contributed by atoms with E-state index in [1.807, 2.05) is 13.0 Å². The molecule has 32 heavy (non-hydrogen) atoms. The molecule has 3 aromatic rings. The maximum absolute atomic E-state index is 13.3. The number of nitriles is 1. The Kier molecular flexibility index (Phi) is 6.78. The number of anilines is 1. The lowest BCUT2D eigenvalue weighted by atomic mass is 10.2. The molecule has 0 saturated carbocycles. The first-order valence-corrected chi connectivity index (χ1v) is 9.76. The number of rotatable bonds is 7. The van der Waals surface area contributed by atoms with Crippen molar-refractivity contribution in [2.75, 3.05) is 18.1 Å². The summed E-state index contributed by atoms with van der Waals surface area (Å²) in [5.74, 6) is 0.417. The van der Waals surface area contributed by atoms with Crippen molar-refractivity contribution in [1.82, 2.24) is 14.8 Å². The summed E-state index contributed by atoms with van der Waals surface area (Å²) in [6.07, 6.45) is -2.32. The van der Waals surface area contributed by atoms with Gasteiger partial charge in [0.1, 0.15) is 5.75 Å². The Morgan fingerprint density at radius 2 is 1.91 bits per heavy atom. The first-order chi connectivity index (χ1) is 15.3. The van der Waals surface area contributed by atoms with Gasteiger partial charge in [-0.2, -0.15) is 23.5 Å². The van der Waals surface area contributed by atoms with E-state index in [2.05, 4.69) is 10.1 Å². The van der Waals surface area contributed by atoms with Crippen LogP contribution in [0.25, 0.3) is 5.82 Å². The summed E-state index contributed by atoms with van der Waals surface area (Å²) in [7, 11) is 0. The van der Waals surface area contributed by atoms with Gasteiger partial charge in [-0.1, -0.05) is 0 Å². The molecule has 10 heteroatoms. The predicted octanol–water partition coefficient (Wildman–Crippen LogP) is 4.55. The van der Waals surface area contributed by atoms with Crippen LogP contribution in [-0.2, 0) is 6.18 Å². The average molecular weight is 443 g/mol. The molecule has 0 N–H and O–H groups in total. The molecule has 0 aliphatic carbocycles. The molecule has 0 aliphatic heterocycles. The summed E-state index contributed by atoms with van der Waals surface area (Å²) in [6, 6.07) is 11.0. The van der Waals surface area contributed by atoms with Crippen LogP contribution < -0.4 is 9.64 Å². The molecule has 166 valence electrons. The molecule has 0 unspecified atom stereocenters. The fraction of sp³-hybridized carbons (Fsp3) is 0.273. The zero-order chi connectivity index (χ0) is 23.3. The molecule has 2 heterocycles. The maximum atomic E-state index is 13.3. The van der Waals surface area contributed by atoms with Gasteiger partial charge in [-0.15, -0.1) is 0 Å². The summed E-state index contributed by atoms with van der Waals surface area (Å²) in [4.78, 5) is 18.6. The second-order valence-corrected chi connectivity index (χ2v) is 6.75. The lowest BCUT2D eigenvalue weighted by molar-refractivity contribution is -0.137. The third kappa shape index (κ3) is 4.88. The van der Waals surface area contributed by atoms with E-state index in [-0.39, 0.29) is 30.3 Å². The highest BCUT2D eigenvalue weighted by Gasteiger charge is 2.31. The number of halogens is 3. The first kappa shape index (κ1) is 22.8. The van der Waals surface area contributed by atoms with E-state index < -0.39 is 11.7 Å². The lowest BCUT2D eigenvalue weighted by Gasteiger charge is -2.22. The second-order valence-electron chi connectivity index (χ2n) is 6.75. The second kappa shape index (κ2) is 9.51. The van der Waals surface area contributed by atoms with E-state index >= 15 is 0 Å². The van der Waals surface area contributed by atoms with Gasteiger partial charge in [0.15, 0.2) is 5.82 Å². The number of hydrogen-bond donors (Lipinski definition) is 0. The van der Waals surface area contributed by atoms with E-state index in [0.29, 0.717) is 23.7 Å². The van der Waals surface area contributed by atoms with Gasteiger partial charge >= 0.3 is 6.18 Å². The van der Waals surface area contributed by atoms with Crippen molar-refractivity contribution in [3.05, 3.63) is 65.6 Å². The van der Waals surface area contributed by atoms with Crippen LogP contribution in [0.15, 0.2) is 48.8 Å². The minimum absolute atomic E-state index is 0.118. The van der Waals surface area contributed by atoms with Gasteiger partial charge in [0.2, 0.25) is 0 Å². The maximum Gasteiger partial charge on any atom is 0.417 e. The zero-order valence-electron chi connectivity index (χ0n) is 17.4. The third-order valence-electron chi connectivity index (χ3n) is 4.68. The van der Waals surface area contributed by atoms with Gasteiger partial charge in [-0.25, -0.2) is 9.67 Å². The molecule has 0 bridgehead atoms. The van der Waals surface area contributed by atoms with Gasteiger partial charge in [0, 0.05) is 18.4 Å². The Bertz CT molecular complexity index is 1120. The standard InChI is InChI=1S/C22H20F3N5O2/c1-3-32-18-8-6-17(7-9-18)29(12-4-11-26)21(31)19-14-28-30(15(19)2)20-10-5-16(13-27-20)22(23,24)25/h5-10,13-14H,3-4,12H2,1-2H3. The van der Waals surface area contributed by atoms with Crippen LogP contribution >= 0.6 is 0 Å². The number of nitrogens with zero attached hydrogens (tertiary/aromatic N) is 5.